The van der Waals surface area contributed by atoms with E-state index in [1.807, 2.05) is 6.08 Å². The zero-order chi connectivity index (χ0) is 9.78. The van der Waals surface area contributed by atoms with Crippen molar-refractivity contribution in [1.29, 1.82) is 0 Å². The van der Waals surface area contributed by atoms with Crippen LogP contribution < -0.4 is 0 Å². The predicted octanol–water partition coefficient (Wildman–Crippen LogP) is 4.41. The molecule has 0 saturated heterocycles. The first kappa shape index (κ1) is 13.5. The first-order chi connectivity index (χ1) is 6.41. The van der Waals surface area contributed by atoms with Gasteiger partial charge in [0.15, 0.2) is 0 Å². The summed E-state index contributed by atoms with van der Waals surface area (Å²) < 4.78 is 0. The van der Waals surface area contributed by atoms with Crippen molar-refractivity contribution in [1.82, 2.24) is 0 Å². The quantitative estimate of drug-likeness (QED) is 0.353. The average molecular weight is 311 g/mol. The summed E-state index contributed by atoms with van der Waals surface area (Å²) in [6, 6.07) is 0. The molecule has 0 aromatic rings. The minimum atomic E-state index is -0.106. The van der Waals surface area contributed by atoms with Gasteiger partial charge in [-0.05, 0) is 19.3 Å². The van der Waals surface area contributed by atoms with Gasteiger partial charge in [0, 0.05) is 0 Å². The first-order valence-corrected chi connectivity index (χ1v) is 8.12. The van der Waals surface area contributed by atoms with Crippen molar-refractivity contribution in [3.63, 3.8) is 0 Å². The van der Waals surface area contributed by atoms with Crippen LogP contribution in [-0.4, -0.2) is 0 Å². The average Bonchev–Trinajstić information content (AvgIpc) is 2.16. The second-order valence-electron chi connectivity index (χ2n) is 2.44. The number of hydrogen-bond donors (Lipinski definition) is 0. The van der Waals surface area contributed by atoms with Crippen LogP contribution in [0.4, 0.5) is 0 Å². The van der Waals surface area contributed by atoms with Gasteiger partial charge < -0.3 is 0 Å². The van der Waals surface area contributed by atoms with E-state index in [1.54, 1.807) is 0 Å². The molecule has 0 saturated carbocycles. The second-order valence-corrected chi connectivity index (χ2v) is 4.80. The van der Waals surface area contributed by atoms with Crippen LogP contribution in [0.1, 0.15) is 25.7 Å². The Morgan fingerprint density at radius 2 is 1.46 bits per heavy atom. The van der Waals surface area contributed by atoms with E-state index in [0.717, 1.165) is 12.8 Å². The van der Waals surface area contributed by atoms with Crippen molar-refractivity contribution in [2.45, 2.75) is 25.7 Å². The Morgan fingerprint density at radius 1 is 0.923 bits per heavy atom. The molecule has 1 rings (SSSR count). The van der Waals surface area contributed by atoms with Crippen LogP contribution in [0.5, 0.6) is 0 Å². The molecule has 1 aliphatic carbocycles. The summed E-state index contributed by atoms with van der Waals surface area (Å²) in [4.78, 5) is 0. The van der Waals surface area contributed by atoms with Crippen molar-refractivity contribution in [2.24, 2.45) is 0 Å². The van der Waals surface area contributed by atoms with Crippen LogP contribution in [0, 0.1) is 6.08 Å². The molecule has 13 heavy (non-hydrogen) atoms. The van der Waals surface area contributed by atoms with Gasteiger partial charge in [0.2, 0.25) is 0 Å². The van der Waals surface area contributed by atoms with Crippen LogP contribution in [0.25, 0.3) is 0 Å². The molecule has 0 radical (unpaired) electrons. The molecule has 0 spiro atoms. The van der Waals surface area contributed by atoms with Crippen molar-refractivity contribution < 1.29 is 15.9 Å². The fourth-order valence-corrected chi connectivity index (χ4v) is 0.910. The molecule has 0 N–H and O–H groups in total. The van der Waals surface area contributed by atoms with Crippen LogP contribution >= 0.6 is 19.1 Å². The molecule has 0 bridgehead atoms. The van der Waals surface area contributed by atoms with E-state index in [0.29, 0.717) is 0 Å². The molecule has 78 valence electrons. The summed E-state index contributed by atoms with van der Waals surface area (Å²) in [5.41, 5.74) is 0. The minimum absolute atomic E-state index is 0.106. The van der Waals surface area contributed by atoms with Crippen LogP contribution in [0.2, 0.25) is 0 Å². The van der Waals surface area contributed by atoms with Gasteiger partial charge in [-0.1, -0.05) is 18.6 Å². The Labute approximate surface area is 96.8 Å². The van der Waals surface area contributed by atoms with Gasteiger partial charge in [-0.25, -0.2) is 12.2 Å². The second kappa shape index (κ2) is 12.5. The Balaban J connectivity index is 0.000000424. The first-order valence-electron chi connectivity index (χ1n) is 4.12. The molecule has 1 aliphatic rings. The zero-order valence-corrected chi connectivity index (χ0v) is 10.4. The molecule has 0 fully saturated rings. The third-order valence-corrected chi connectivity index (χ3v) is 1.48. The third kappa shape index (κ3) is 12.5. The molecular weight excluding hydrogens is 297 g/mol. The fourth-order valence-electron chi connectivity index (χ4n) is 0.910. The van der Waals surface area contributed by atoms with Crippen molar-refractivity contribution >= 4 is 19.1 Å². The van der Waals surface area contributed by atoms with E-state index in [2.05, 4.69) is 30.4 Å². The zero-order valence-electron chi connectivity index (χ0n) is 7.29. The van der Waals surface area contributed by atoms with Gasteiger partial charge in [0.25, 0.3) is 0 Å². The van der Waals surface area contributed by atoms with Gasteiger partial charge in [0.1, 0.15) is 0 Å². The van der Waals surface area contributed by atoms with E-state index < -0.39 is 0 Å². The molecule has 0 aliphatic heterocycles. The summed E-state index contributed by atoms with van der Waals surface area (Å²) in [5.74, 6) is 0. The Hall–Kier alpha value is 0.462. The summed E-state index contributed by atoms with van der Waals surface area (Å²) in [6.45, 7) is 0. The molecule has 0 amide bonds. The Bertz CT molecular complexity index is 156. The predicted molar refractivity (Wildman–Crippen MR) is 56.3 cm³/mol. The van der Waals surface area contributed by atoms with Crippen molar-refractivity contribution in [3.05, 3.63) is 36.5 Å². The summed E-state index contributed by atoms with van der Waals surface area (Å²) >= 11 is -0.106. The Morgan fingerprint density at radius 3 is 2.15 bits per heavy atom. The van der Waals surface area contributed by atoms with Crippen molar-refractivity contribution in [3.8, 4) is 0 Å². The van der Waals surface area contributed by atoms with E-state index in [4.69, 9.17) is 19.1 Å². The molecular formula is C10H13Cl2Pd-. The van der Waals surface area contributed by atoms with Gasteiger partial charge in [-0.3, -0.25) is 6.08 Å². The molecule has 0 aromatic heterocycles. The molecule has 0 aromatic carbocycles. The number of rotatable bonds is 0. The third-order valence-electron chi connectivity index (χ3n) is 1.48. The van der Waals surface area contributed by atoms with E-state index in [9.17, 15) is 0 Å². The molecule has 0 nitrogen and oxygen atoms in total. The molecule has 3 heteroatoms. The number of halogens is 2. The van der Waals surface area contributed by atoms with E-state index in [-0.39, 0.29) is 15.9 Å². The van der Waals surface area contributed by atoms with E-state index in [1.165, 1.54) is 12.8 Å². The molecule has 0 unspecified atom stereocenters. The monoisotopic (exact) mass is 309 g/mol. The maximum atomic E-state index is 4.81. The Kier molecular flexibility index (Phi) is 12.9. The van der Waals surface area contributed by atoms with Crippen LogP contribution in [0.15, 0.2) is 30.4 Å². The van der Waals surface area contributed by atoms with Gasteiger partial charge in [-0.15, -0.1) is 0 Å². The summed E-state index contributed by atoms with van der Waals surface area (Å²) in [5, 5.41) is 0. The van der Waals surface area contributed by atoms with Crippen LogP contribution in [-0.2, 0) is 15.9 Å². The maximum absolute atomic E-state index is 4.81. The SMILES string of the molecule is [C-]1=CCCC=CCCC=C1.[Cl][Pd][Cl]. The molecule has 0 atom stereocenters. The van der Waals surface area contributed by atoms with Crippen molar-refractivity contribution in [2.75, 3.05) is 0 Å². The molecule has 0 heterocycles. The normalized spacial score (nSPS) is 16.5. The van der Waals surface area contributed by atoms with Gasteiger partial charge in [0.05, 0.1) is 0 Å². The number of allylic oxidation sites excluding steroid dienone is 6. The number of hydrogen-bond acceptors (Lipinski definition) is 0. The standard InChI is InChI=1S/C10H13.2ClH.Pd/c1-2-4-6-8-10-9-7-5-3-1;;;/h1-2,7-9H,3-6H2;2*1H;/q-1;;;+2/p-2. The fraction of sp³-hybridized carbons (Fsp3) is 0.400. The summed E-state index contributed by atoms with van der Waals surface area (Å²) in [7, 11) is 9.63. The van der Waals surface area contributed by atoms with Gasteiger partial charge in [-0.2, -0.15) is 6.08 Å². The summed E-state index contributed by atoms with van der Waals surface area (Å²) in [6.07, 6.45) is 18.5. The van der Waals surface area contributed by atoms with Crippen LogP contribution in [0.3, 0.4) is 0 Å². The van der Waals surface area contributed by atoms with Gasteiger partial charge >= 0.3 is 35.0 Å². The van der Waals surface area contributed by atoms with E-state index >= 15 is 0 Å². The topological polar surface area (TPSA) is 0 Å².